The first-order valence-electron chi connectivity index (χ1n) is 5.62. The highest BCUT2D eigenvalue weighted by molar-refractivity contribution is 7.89. The highest BCUT2D eigenvalue weighted by Gasteiger charge is 2.30. The largest absolute Gasteiger partial charge is 0.327 e. The van der Waals surface area contributed by atoms with Crippen LogP contribution in [0, 0.1) is 5.82 Å². The Bertz CT molecular complexity index is 550. The fourth-order valence-electron chi connectivity index (χ4n) is 2.02. The second-order valence-electron chi connectivity index (χ2n) is 4.34. The minimum Gasteiger partial charge on any atom is -0.327 e. The molecule has 0 aromatic heterocycles. The van der Waals surface area contributed by atoms with E-state index in [-0.39, 0.29) is 22.5 Å². The van der Waals surface area contributed by atoms with E-state index in [1.165, 1.54) is 16.4 Å². The van der Waals surface area contributed by atoms with E-state index in [9.17, 15) is 12.8 Å². The van der Waals surface area contributed by atoms with Crippen LogP contribution in [0.4, 0.5) is 4.39 Å². The van der Waals surface area contributed by atoms with Crippen LogP contribution in [0.15, 0.2) is 23.1 Å². The summed E-state index contributed by atoms with van der Waals surface area (Å²) in [5.41, 5.74) is 5.74. The predicted molar refractivity (Wildman–Crippen MR) is 67.4 cm³/mol. The summed E-state index contributed by atoms with van der Waals surface area (Å²) in [6.45, 7) is 0.600. The lowest BCUT2D eigenvalue weighted by molar-refractivity contribution is 0.315. The first-order chi connectivity index (χ1) is 8.41. The minimum atomic E-state index is -3.82. The van der Waals surface area contributed by atoms with E-state index in [1.54, 1.807) is 0 Å². The number of halogens is 2. The molecule has 18 heavy (non-hydrogen) atoms. The van der Waals surface area contributed by atoms with E-state index in [1.807, 2.05) is 0 Å². The summed E-state index contributed by atoms with van der Waals surface area (Å²) in [6.07, 6.45) is 1.48. The van der Waals surface area contributed by atoms with Gasteiger partial charge in [0.1, 0.15) is 10.7 Å². The molecule has 0 unspecified atom stereocenters. The fraction of sp³-hybridized carbons (Fsp3) is 0.455. The molecule has 0 spiro atoms. The monoisotopic (exact) mass is 292 g/mol. The Kier molecular flexibility index (Phi) is 3.91. The van der Waals surface area contributed by atoms with Gasteiger partial charge in [0.25, 0.3) is 0 Å². The smallest absolute Gasteiger partial charge is 0.246 e. The molecule has 1 aliphatic heterocycles. The van der Waals surface area contributed by atoms with Gasteiger partial charge in [0.15, 0.2) is 0 Å². The number of nitrogens with two attached hydrogens (primary N) is 1. The van der Waals surface area contributed by atoms with E-state index in [4.69, 9.17) is 17.3 Å². The van der Waals surface area contributed by atoms with Crippen LogP contribution < -0.4 is 5.73 Å². The highest BCUT2D eigenvalue weighted by Crippen LogP contribution is 2.24. The van der Waals surface area contributed by atoms with Crippen molar-refractivity contribution in [3.05, 3.63) is 29.0 Å². The summed E-state index contributed by atoms with van der Waals surface area (Å²) < 4.78 is 39.4. The molecule has 1 atom stereocenters. The summed E-state index contributed by atoms with van der Waals surface area (Å²) in [6, 6.07) is 3.36. The molecule has 0 amide bonds. The van der Waals surface area contributed by atoms with Crippen molar-refractivity contribution in [1.82, 2.24) is 4.31 Å². The van der Waals surface area contributed by atoms with Gasteiger partial charge in [-0.05, 0) is 31.0 Å². The molecule has 1 heterocycles. The van der Waals surface area contributed by atoms with Crippen molar-refractivity contribution in [2.45, 2.75) is 23.8 Å². The van der Waals surface area contributed by atoms with Gasteiger partial charge < -0.3 is 5.73 Å². The van der Waals surface area contributed by atoms with Crippen molar-refractivity contribution < 1.29 is 12.8 Å². The van der Waals surface area contributed by atoms with Crippen LogP contribution in [0.25, 0.3) is 0 Å². The number of hydrogen-bond acceptors (Lipinski definition) is 3. The Hall–Kier alpha value is -0.690. The van der Waals surface area contributed by atoms with Crippen molar-refractivity contribution in [1.29, 1.82) is 0 Å². The Labute approximate surface area is 111 Å². The van der Waals surface area contributed by atoms with Gasteiger partial charge in [-0.15, -0.1) is 0 Å². The number of benzene rings is 1. The van der Waals surface area contributed by atoms with E-state index in [2.05, 4.69) is 0 Å². The zero-order valence-electron chi connectivity index (χ0n) is 9.64. The lowest BCUT2D eigenvalue weighted by Crippen LogP contribution is -2.45. The molecule has 0 aliphatic carbocycles. The first kappa shape index (κ1) is 13.7. The van der Waals surface area contributed by atoms with Gasteiger partial charge in [-0.25, -0.2) is 12.8 Å². The number of nitrogens with zero attached hydrogens (tertiary/aromatic N) is 1. The molecule has 0 bridgehead atoms. The van der Waals surface area contributed by atoms with Crippen LogP contribution in [-0.4, -0.2) is 31.9 Å². The maximum absolute atomic E-state index is 13.7. The molecular weight excluding hydrogens is 279 g/mol. The second-order valence-corrected chi connectivity index (χ2v) is 6.68. The van der Waals surface area contributed by atoms with Gasteiger partial charge in [-0.2, -0.15) is 4.31 Å². The standard InChI is InChI=1S/C11H14ClFN2O2S/c12-8-3-4-11(10(13)6-8)18(16,17)15-5-1-2-9(14)7-15/h3-4,6,9H,1-2,5,7,14H2/t9-/m1/s1. The summed E-state index contributed by atoms with van der Waals surface area (Å²) in [4.78, 5) is -0.346. The maximum atomic E-state index is 13.7. The van der Waals surface area contributed by atoms with Gasteiger partial charge in [-0.3, -0.25) is 0 Å². The van der Waals surface area contributed by atoms with Crippen molar-refractivity contribution in [3.63, 3.8) is 0 Å². The maximum Gasteiger partial charge on any atom is 0.246 e. The van der Waals surface area contributed by atoms with E-state index in [0.29, 0.717) is 13.0 Å². The lowest BCUT2D eigenvalue weighted by Gasteiger charge is -2.29. The molecule has 0 saturated carbocycles. The number of rotatable bonds is 2. The van der Waals surface area contributed by atoms with Crippen LogP contribution in [0.2, 0.25) is 5.02 Å². The molecule has 2 rings (SSSR count). The third-order valence-corrected chi connectivity index (χ3v) is 5.07. The molecule has 7 heteroatoms. The number of piperidine rings is 1. The molecule has 1 aliphatic rings. The normalized spacial score (nSPS) is 22.1. The molecule has 0 radical (unpaired) electrons. The van der Waals surface area contributed by atoms with E-state index in [0.717, 1.165) is 12.5 Å². The topological polar surface area (TPSA) is 63.4 Å². The molecule has 1 aromatic carbocycles. The van der Waals surface area contributed by atoms with E-state index >= 15 is 0 Å². The Morgan fingerprint density at radius 3 is 2.78 bits per heavy atom. The second kappa shape index (κ2) is 5.13. The minimum absolute atomic E-state index is 0.168. The summed E-state index contributed by atoms with van der Waals surface area (Å²) in [7, 11) is -3.82. The zero-order chi connectivity index (χ0) is 13.3. The van der Waals surface area contributed by atoms with Crippen molar-refractivity contribution in [2.75, 3.05) is 13.1 Å². The third-order valence-electron chi connectivity index (χ3n) is 2.93. The molecule has 1 fully saturated rings. The molecular formula is C11H14ClFN2O2S. The van der Waals surface area contributed by atoms with Crippen LogP contribution in [-0.2, 0) is 10.0 Å². The molecule has 2 N–H and O–H groups in total. The zero-order valence-corrected chi connectivity index (χ0v) is 11.2. The number of sulfonamides is 1. The molecule has 1 saturated heterocycles. The van der Waals surface area contributed by atoms with Gasteiger partial charge in [0.2, 0.25) is 10.0 Å². The quantitative estimate of drug-likeness (QED) is 0.900. The number of hydrogen-bond donors (Lipinski definition) is 1. The Balaban J connectivity index is 2.35. The summed E-state index contributed by atoms with van der Waals surface area (Å²) in [5.74, 6) is -0.832. The average molecular weight is 293 g/mol. The van der Waals surface area contributed by atoms with Gasteiger partial charge in [-0.1, -0.05) is 11.6 Å². The van der Waals surface area contributed by atoms with E-state index < -0.39 is 15.8 Å². The summed E-state index contributed by atoms with van der Waals surface area (Å²) >= 11 is 5.61. The van der Waals surface area contributed by atoms with Gasteiger partial charge in [0.05, 0.1) is 0 Å². The van der Waals surface area contributed by atoms with Gasteiger partial charge >= 0.3 is 0 Å². The SMILES string of the molecule is N[C@@H]1CCCN(S(=O)(=O)c2ccc(Cl)cc2F)C1. The van der Waals surface area contributed by atoms with Crippen LogP contribution in [0.5, 0.6) is 0 Å². The van der Waals surface area contributed by atoms with Crippen molar-refractivity contribution in [3.8, 4) is 0 Å². The average Bonchev–Trinajstić information content (AvgIpc) is 2.28. The fourth-order valence-corrected chi connectivity index (χ4v) is 3.76. The Morgan fingerprint density at radius 2 is 2.17 bits per heavy atom. The predicted octanol–water partition coefficient (Wildman–Crippen LogP) is 1.59. The Morgan fingerprint density at radius 1 is 1.44 bits per heavy atom. The van der Waals surface area contributed by atoms with Crippen LogP contribution in [0.1, 0.15) is 12.8 Å². The first-order valence-corrected chi connectivity index (χ1v) is 7.44. The summed E-state index contributed by atoms with van der Waals surface area (Å²) in [5, 5.41) is 0.168. The van der Waals surface area contributed by atoms with Gasteiger partial charge in [0, 0.05) is 24.2 Å². The van der Waals surface area contributed by atoms with Crippen molar-refractivity contribution >= 4 is 21.6 Å². The molecule has 1 aromatic rings. The third kappa shape index (κ3) is 2.66. The molecule has 4 nitrogen and oxygen atoms in total. The lowest BCUT2D eigenvalue weighted by atomic mass is 10.1. The van der Waals surface area contributed by atoms with Crippen molar-refractivity contribution in [2.24, 2.45) is 5.73 Å². The van der Waals surface area contributed by atoms with Crippen LogP contribution >= 0.6 is 11.6 Å². The van der Waals surface area contributed by atoms with Crippen LogP contribution in [0.3, 0.4) is 0 Å². The highest BCUT2D eigenvalue weighted by atomic mass is 35.5. The molecule has 100 valence electrons.